The van der Waals surface area contributed by atoms with Gasteiger partial charge in [0, 0.05) is 40.8 Å². The maximum atomic E-state index is 11.3. The minimum atomic E-state index is -0.896. The number of hydrogen-bond acceptors (Lipinski definition) is 3. The molecule has 0 bridgehead atoms. The highest BCUT2D eigenvalue weighted by Gasteiger charge is 2.16. The van der Waals surface area contributed by atoms with E-state index >= 15 is 0 Å². The summed E-state index contributed by atoms with van der Waals surface area (Å²) in [6.07, 6.45) is 1.92. The maximum absolute atomic E-state index is 11.3. The van der Waals surface area contributed by atoms with Crippen LogP contribution in [0.1, 0.15) is 27.2 Å². The van der Waals surface area contributed by atoms with Gasteiger partial charge in [-0.05, 0) is 20.8 Å². The summed E-state index contributed by atoms with van der Waals surface area (Å²) in [4.78, 5) is 11.3. The summed E-state index contributed by atoms with van der Waals surface area (Å²) in [5, 5.41) is 2.69. The van der Waals surface area contributed by atoms with Gasteiger partial charge >= 0.3 is 0 Å². The predicted octanol–water partition coefficient (Wildman–Crippen LogP) is -0.00300. The lowest BCUT2D eigenvalue weighted by Gasteiger charge is -2.18. The van der Waals surface area contributed by atoms with Gasteiger partial charge < -0.3 is 11.1 Å². The van der Waals surface area contributed by atoms with Crippen molar-refractivity contribution in [1.29, 1.82) is 0 Å². The molecule has 2 unspecified atom stereocenters. The smallest absolute Gasteiger partial charge is 0.221 e. The lowest BCUT2D eigenvalue weighted by Crippen LogP contribution is -2.41. The third-order valence-electron chi connectivity index (χ3n) is 1.77. The zero-order chi connectivity index (χ0) is 11.4. The second kappa shape index (κ2) is 5.46. The van der Waals surface area contributed by atoms with Gasteiger partial charge in [-0.1, -0.05) is 0 Å². The average molecular weight is 220 g/mol. The van der Waals surface area contributed by atoms with E-state index in [9.17, 15) is 9.00 Å². The van der Waals surface area contributed by atoms with Crippen molar-refractivity contribution in [3.8, 4) is 0 Å². The molecule has 0 rings (SSSR count). The molecule has 0 fully saturated rings. The highest BCUT2D eigenvalue weighted by molar-refractivity contribution is 7.84. The number of rotatable bonds is 5. The molecule has 0 saturated carbocycles. The highest BCUT2D eigenvalue weighted by Crippen LogP contribution is 2.02. The van der Waals surface area contributed by atoms with Gasteiger partial charge in [-0.2, -0.15) is 0 Å². The molecule has 0 aliphatic carbocycles. The van der Waals surface area contributed by atoms with E-state index in [1.807, 2.05) is 6.92 Å². The highest BCUT2D eigenvalue weighted by atomic mass is 32.2. The largest absolute Gasteiger partial charge is 0.355 e. The molecule has 2 atom stereocenters. The molecule has 0 radical (unpaired) electrons. The van der Waals surface area contributed by atoms with Gasteiger partial charge in [0.15, 0.2) is 0 Å². The molecule has 0 saturated heterocycles. The Balaban J connectivity index is 3.81. The lowest BCUT2D eigenvalue weighted by molar-refractivity contribution is -0.121. The first-order valence-corrected chi connectivity index (χ1v) is 6.22. The van der Waals surface area contributed by atoms with Crippen molar-refractivity contribution in [3.05, 3.63) is 0 Å². The van der Waals surface area contributed by atoms with Gasteiger partial charge in [0.2, 0.25) is 5.91 Å². The SMILES string of the molecule is CC(CNC(=O)CC(C)(C)N)S(C)=O. The Kier molecular flexibility index (Phi) is 5.29. The van der Waals surface area contributed by atoms with Crippen molar-refractivity contribution in [1.82, 2.24) is 5.32 Å². The minimum Gasteiger partial charge on any atom is -0.355 e. The molecular formula is C9H20N2O2S. The van der Waals surface area contributed by atoms with Crippen molar-refractivity contribution < 1.29 is 9.00 Å². The van der Waals surface area contributed by atoms with E-state index in [1.54, 1.807) is 20.1 Å². The van der Waals surface area contributed by atoms with Crippen LogP contribution in [0.5, 0.6) is 0 Å². The van der Waals surface area contributed by atoms with Crippen LogP contribution < -0.4 is 11.1 Å². The number of carbonyl (C=O) groups is 1. The zero-order valence-corrected chi connectivity index (χ0v) is 10.1. The molecule has 3 N–H and O–H groups in total. The van der Waals surface area contributed by atoms with E-state index in [-0.39, 0.29) is 17.6 Å². The predicted molar refractivity (Wildman–Crippen MR) is 59.4 cm³/mol. The van der Waals surface area contributed by atoms with Gasteiger partial charge in [0.05, 0.1) is 0 Å². The molecule has 4 nitrogen and oxygen atoms in total. The van der Waals surface area contributed by atoms with Gasteiger partial charge in [0.1, 0.15) is 0 Å². The summed E-state index contributed by atoms with van der Waals surface area (Å²) in [5.41, 5.74) is 5.19. The third kappa shape index (κ3) is 7.03. The second-order valence-electron chi connectivity index (χ2n) is 4.28. The van der Waals surface area contributed by atoms with Crippen molar-refractivity contribution in [3.63, 3.8) is 0 Å². The zero-order valence-electron chi connectivity index (χ0n) is 9.29. The summed E-state index contributed by atoms with van der Waals surface area (Å²) in [7, 11) is -0.896. The van der Waals surface area contributed by atoms with Crippen LogP contribution >= 0.6 is 0 Å². The van der Waals surface area contributed by atoms with Crippen LogP contribution in [0.2, 0.25) is 0 Å². The maximum Gasteiger partial charge on any atom is 0.221 e. The first-order chi connectivity index (χ1) is 6.22. The average Bonchev–Trinajstić information content (AvgIpc) is 1.96. The number of carbonyl (C=O) groups excluding carboxylic acids is 1. The summed E-state index contributed by atoms with van der Waals surface area (Å²) in [6, 6.07) is 0. The lowest BCUT2D eigenvalue weighted by atomic mass is 10.0. The van der Waals surface area contributed by atoms with E-state index in [0.717, 1.165) is 0 Å². The van der Waals surface area contributed by atoms with Crippen LogP contribution in [-0.4, -0.2) is 33.7 Å². The second-order valence-corrected chi connectivity index (χ2v) is 6.08. The van der Waals surface area contributed by atoms with E-state index in [1.165, 1.54) is 0 Å². The van der Waals surface area contributed by atoms with E-state index in [2.05, 4.69) is 5.32 Å². The topological polar surface area (TPSA) is 72.2 Å². The molecule has 0 spiro atoms. The van der Waals surface area contributed by atoms with Gasteiger partial charge in [0.25, 0.3) is 0 Å². The van der Waals surface area contributed by atoms with Crippen LogP contribution in [0, 0.1) is 0 Å². The first kappa shape index (κ1) is 13.6. The molecular weight excluding hydrogens is 200 g/mol. The Bertz CT molecular complexity index is 223. The Hall–Kier alpha value is -0.420. The van der Waals surface area contributed by atoms with Crippen LogP contribution in [0.25, 0.3) is 0 Å². The van der Waals surface area contributed by atoms with Crippen molar-refractivity contribution in [2.24, 2.45) is 5.73 Å². The number of nitrogens with two attached hydrogens (primary N) is 1. The molecule has 0 aromatic heterocycles. The molecule has 0 aliphatic heterocycles. The normalized spacial score (nSPS) is 16.1. The molecule has 0 aromatic rings. The molecule has 14 heavy (non-hydrogen) atoms. The van der Waals surface area contributed by atoms with Crippen molar-refractivity contribution in [2.45, 2.75) is 38.0 Å². The monoisotopic (exact) mass is 220 g/mol. The molecule has 0 heterocycles. The molecule has 84 valence electrons. The minimum absolute atomic E-state index is 0.0140. The van der Waals surface area contributed by atoms with Crippen LogP contribution in [0.4, 0.5) is 0 Å². The fourth-order valence-electron chi connectivity index (χ4n) is 0.851. The standard InChI is InChI=1S/C9H20N2O2S/c1-7(14(4)13)6-11-8(12)5-9(2,3)10/h7H,5-6,10H2,1-4H3,(H,11,12). The van der Waals surface area contributed by atoms with Crippen LogP contribution in [-0.2, 0) is 15.6 Å². The van der Waals surface area contributed by atoms with E-state index < -0.39 is 16.3 Å². The summed E-state index contributed by atoms with van der Waals surface area (Å²) >= 11 is 0. The Morgan fingerprint density at radius 3 is 2.43 bits per heavy atom. The van der Waals surface area contributed by atoms with Gasteiger partial charge in [-0.25, -0.2) is 0 Å². The first-order valence-electron chi connectivity index (χ1n) is 4.60. The van der Waals surface area contributed by atoms with Crippen molar-refractivity contribution >= 4 is 16.7 Å². The summed E-state index contributed by atoms with van der Waals surface area (Å²) in [5.74, 6) is -0.0881. The Labute approximate surface area is 88.1 Å². The Morgan fingerprint density at radius 2 is 2.07 bits per heavy atom. The molecule has 5 heteroatoms. The van der Waals surface area contributed by atoms with Gasteiger partial charge in [-0.15, -0.1) is 0 Å². The number of amides is 1. The summed E-state index contributed by atoms with van der Waals surface area (Å²) in [6.45, 7) is 5.88. The van der Waals surface area contributed by atoms with Crippen molar-refractivity contribution in [2.75, 3.05) is 12.8 Å². The Morgan fingerprint density at radius 1 is 1.57 bits per heavy atom. The quantitative estimate of drug-likeness (QED) is 0.685. The fourth-order valence-corrected chi connectivity index (χ4v) is 1.17. The third-order valence-corrected chi connectivity index (χ3v) is 3.07. The van der Waals surface area contributed by atoms with Crippen LogP contribution in [0.3, 0.4) is 0 Å². The van der Waals surface area contributed by atoms with Crippen LogP contribution in [0.15, 0.2) is 0 Å². The summed E-state index contributed by atoms with van der Waals surface area (Å²) < 4.78 is 11.0. The fraction of sp³-hybridized carbons (Fsp3) is 0.889. The molecule has 1 amide bonds. The van der Waals surface area contributed by atoms with Gasteiger partial charge in [-0.3, -0.25) is 9.00 Å². The number of nitrogens with one attached hydrogen (secondary N) is 1. The molecule has 0 aliphatic rings. The molecule has 0 aromatic carbocycles. The number of hydrogen-bond donors (Lipinski definition) is 2. The van der Waals surface area contributed by atoms with E-state index in [0.29, 0.717) is 6.54 Å². The van der Waals surface area contributed by atoms with E-state index in [4.69, 9.17) is 5.73 Å².